The molecule has 0 N–H and O–H groups in total. The minimum Gasteiger partial charge on any atom is -0.294 e. The van der Waals surface area contributed by atoms with Crippen molar-refractivity contribution in [3.63, 3.8) is 0 Å². The van der Waals surface area contributed by atoms with E-state index in [2.05, 4.69) is 5.10 Å². The molecule has 0 aliphatic rings. The number of aryl methyl sites for hydroxylation is 3. The molecule has 2 aromatic rings. The maximum Gasteiger partial charge on any atom is 0.174 e. The van der Waals surface area contributed by atoms with Gasteiger partial charge in [-0.3, -0.25) is 14.3 Å². The Morgan fingerprint density at radius 2 is 1.74 bits per heavy atom. The first-order chi connectivity index (χ1) is 8.97. The number of nitrogens with zero attached hydrogens (tertiary/aromatic N) is 2. The number of carbonyl (C=O) groups excluding carboxylic acids is 2. The second-order valence-electron chi connectivity index (χ2n) is 4.69. The molecule has 19 heavy (non-hydrogen) atoms. The molecule has 1 aromatic heterocycles. The molecule has 2 rings (SSSR count). The summed E-state index contributed by atoms with van der Waals surface area (Å²) >= 11 is 0. The van der Waals surface area contributed by atoms with Crippen LogP contribution in [0.1, 0.15) is 38.4 Å². The summed E-state index contributed by atoms with van der Waals surface area (Å²) in [5.41, 5.74) is 2.83. The molecule has 0 bridgehead atoms. The van der Waals surface area contributed by atoms with Crippen molar-refractivity contribution in [2.24, 2.45) is 7.05 Å². The average molecular weight is 256 g/mol. The lowest BCUT2D eigenvalue weighted by Crippen LogP contribution is -2.09. The van der Waals surface area contributed by atoms with E-state index >= 15 is 0 Å². The van der Waals surface area contributed by atoms with Crippen molar-refractivity contribution in [1.82, 2.24) is 9.78 Å². The summed E-state index contributed by atoms with van der Waals surface area (Å²) in [6.45, 7) is 3.72. The average Bonchev–Trinajstić information content (AvgIpc) is 2.69. The second-order valence-corrected chi connectivity index (χ2v) is 4.69. The van der Waals surface area contributed by atoms with Crippen molar-refractivity contribution < 1.29 is 9.59 Å². The van der Waals surface area contributed by atoms with E-state index in [-0.39, 0.29) is 18.0 Å². The van der Waals surface area contributed by atoms with E-state index in [1.165, 1.54) is 0 Å². The summed E-state index contributed by atoms with van der Waals surface area (Å²) in [4.78, 5) is 24.1. The molecule has 0 radical (unpaired) electrons. The monoisotopic (exact) mass is 256 g/mol. The van der Waals surface area contributed by atoms with Crippen molar-refractivity contribution >= 4 is 11.6 Å². The van der Waals surface area contributed by atoms with E-state index in [1.54, 1.807) is 37.0 Å². The molecule has 0 saturated carbocycles. The van der Waals surface area contributed by atoms with Crippen molar-refractivity contribution in [3.8, 4) is 0 Å². The number of hydrogen-bond donors (Lipinski definition) is 0. The van der Waals surface area contributed by atoms with Crippen molar-refractivity contribution in [3.05, 3.63) is 52.8 Å². The Kier molecular flexibility index (Phi) is 3.60. The van der Waals surface area contributed by atoms with Gasteiger partial charge in [0.15, 0.2) is 11.6 Å². The molecule has 4 heteroatoms. The highest BCUT2D eigenvalue weighted by Crippen LogP contribution is 2.12. The Morgan fingerprint density at radius 1 is 1.11 bits per heavy atom. The van der Waals surface area contributed by atoms with Crippen LogP contribution in [0, 0.1) is 13.8 Å². The molecule has 4 nitrogen and oxygen atoms in total. The van der Waals surface area contributed by atoms with Gasteiger partial charge in [-0.2, -0.15) is 5.10 Å². The summed E-state index contributed by atoms with van der Waals surface area (Å²) in [7, 11) is 1.76. The Labute approximate surface area is 112 Å². The first kappa shape index (κ1) is 13.2. The van der Waals surface area contributed by atoms with Crippen LogP contribution in [-0.4, -0.2) is 21.3 Å². The summed E-state index contributed by atoms with van der Waals surface area (Å²) in [6, 6.07) is 7.24. The lowest BCUT2D eigenvalue weighted by atomic mass is 10.0. The second kappa shape index (κ2) is 5.18. The molecule has 1 aromatic carbocycles. The maximum absolute atomic E-state index is 12.1. The van der Waals surface area contributed by atoms with Gasteiger partial charge in [-0.15, -0.1) is 0 Å². The Balaban J connectivity index is 2.13. The van der Waals surface area contributed by atoms with Gasteiger partial charge in [0.1, 0.15) is 0 Å². The van der Waals surface area contributed by atoms with Gasteiger partial charge in [0, 0.05) is 18.8 Å². The molecule has 1 heterocycles. The fourth-order valence-electron chi connectivity index (χ4n) is 1.96. The predicted octanol–water partition coefficient (Wildman–Crippen LogP) is 2.49. The minimum absolute atomic E-state index is 0.115. The van der Waals surface area contributed by atoms with Crippen molar-refractivity contribution in [2.75, 3.05) is 0 Å². The highest BCUT2D eigenvalue weighted by atomic mass is 16.1. The third kappa shape index (κ3) is 2.96. The zero-order valence-electron chi connectivity index (χ0n) is 11.3. The summed E-state index contributed by atoms with van der Waals surface area (Å²) < 4.78 is 1.58. The predicted molar refractivity (Wildman–Crippen MR) is 72.4 cm³/mol. The van der Waals surface area contributed by atoms with Crippen LogP contribution in [0.5, 0.6) is 0 Å². The van der Waals surface area contributed by atoms with Crippen LogP contribution in [0.15, 0.2) is 30.5 Å². The summed E-state index contributed by atoms with van der Waals surface area (Å²) in [6.07, 6.45) is 1.54. The number of aromatic nitrogens is 2. The number of ketones is 2. The van der Waals surface area contributed by atoms with E-state index in [1.807, 2.05) is 19.1 Å². The molecule has 0 atom stereocenters. The summed E-state index contributed by atoms with van der Waals surface area (Å²) in [5.74, 6) is -0.343. The Hall–Kier alpha value is -2.23. The molecular weight excluding hydrogens is 240 g/mol. The van der Waals surface area contributed by atoms with E-state index in [4.69, 9.17) is 0 Å². The maximum atomic E-state index is 12.1. The van der Waals surface area contributed by atoms with Gasteiger partial charge >= 0.3 is 0 Å². The largest absolute Gasteiger partial charge is 0.294 e. The van der Waals surface area contributed by atoms with Gasteiger partial charge in [0.25, 0.3) is 0 Å². The topological polar surface area (TPSA) is 52.0 Å². The van der Waals surface area contributed by atoms with Crippen LogP contribution in [0.4, 0.5) is 0 Å². The van der Waals surface area contributed by atoms with Gasteiger partial charge in [-0.05, 0) is 13.8 Å². The first-order valence-electron chi connectivity index (χ1n) is 6.10. The zero-order chi connectivity index (χ0) is 14.0. The minimum atomic E-state index is -0.184. The normalized spacial score (nSPS) is 10.5. The van der Waals surface area contributed by atoms with Crippen LogP contribution in [0.2, 0.25) is 0 Å². The smallest absolute Gasteiger partial charge is 0.174 e. The zero-order valence-corrected chi connectivity index (χ0v) is 11.3. The van der Waals surface area contributed by atoms with E-state index in [0.717, 1.165) is 5.56 Å². The number of carbonyl (C=O) groups is 2. The first-order valence-corrected chi connectivity index (χ1v) is 6.10. The molecule has 0 fully saturated rings. The Bertz CT molecular complexity index is 624. The molecule has 0 spiro atoms. The quantitative estimate of drug-likeness (QED) is 0.624. The van der Waals surface area contributed by atoms with Crippen LogP contribution in [0.3, 0.4) is 0 Å². The lowest BCUT2D eigenvalue weighted by Gasteiger charge is -2.01. The molecule has 0 aliphatic carbocycles. The summed E-state index contributed by atoms with van der Waals surface area (Å²) in [5, 5.41) is 4.11. The third-order valence-corrected chi connectivity index (χ3v) is 3.01. The standard InChI is InChI=1S/C15H16N2O2/c1-10-4-6-12(7-5-10)14(18)8-15(19)13-9-17(3)16-11(13)2/h4-7,9H,8H2,1-3H3. The SMILES string of the molecule is Cc1ccc(C(=O)CC(=O)c2cn(C)nc2C)cc1. The van der Waals surface area contributed by atoms with Crippen LogP contribution >= 0.6 is 0 Å². The number of Topliss-reactive ketones (excluding diaryl/α,β-unsaturated/α-hetero) is 2. The molecule has 0 unspecified atom stereocenters. The highest BCUT2D eigenvalue weighted by molar-refractivity contribution is 6.13. The van der Waals surface area contributed by atoms with E-state index in [0.29, 0.717) is 16.8 Å². The number of benzene rings is 1. The van der Waals surface area contributed by atoms with E-state index < -0.39 is 0 Å². The molecule has 98 valence electrons. The van der Waals surface area contributed by atoms with Gasteiger partial charge < -0.3 is 0 Å². The molecule has 0 aliphatic heterocycles. The van der Waals surface area contributed by atoms with Crippen molar-refractivity contribution in [1.29, 1.82) is 0 Å². The fraction of sp³-hybridized carbons (Fsp3) is 0.267. The van der Waals surface area contributed by atoms with Gasteiger partial charge in [-0.1, -0.05) is 29.8 Å². The molecule has 0 amide bonds. The van der Waals surface area contributed by atoms with Crippen LogP contribution in [0.25, 0.3) is 0 Å². The Morgan fingerprint density at radius 3 is 2.26 bits per heavy atom. The molecule has 0 saturated heterocycles. The van der Waals surface area contributed by atoms with Crippen molar-refractivity contribution in [2.45, 2.75) is 20.3 Å². The van der Waals surface area contributed by atoms with Gasteiger partial charge in [0.05, 0.1) is 17.7 Å². The number of rotatable bonds is 4. The van der Waals surface area contributed by atoms with Gasteiger partial charge in [0.2, 0.25) is 0 Å². The molecular formula is C15H16N2O2. The van der Waals surface area contributed by atoms with Crippen LogP contribution < -0.4 is 0 Å². The van der Waals surface area contributed by atoms with Gasteiger partial charge in [-0.25, -0.2) is 0 Å². The van der Waals surface area contributed by atoms with E-state index in [9.17, 15) is 9.59 Å². The van der Waals surface area contributed by atoms with Crippen LogP contribution in [-0.2, 0) is 7.05 Å². The lowest BCUT2D eigenvalue weighted by molar-refractivity contribution is 0.0894. The third-order valence-electron chi connectivity index (χ3n) is 3.01. The highest BCUT2D eigenvalue weighted by Gasteiger charge is 2.17. The number of hydrogen-bond acceptors (Lipinski definition) is 3. The fourth-order valence-corrected chi connectivity index (χ4v) is 1.96.